The van der Waals surface area contributed by atoms with Crippen LogP contribution in [0.5, 0.6) is 23.0 Å². The van der Waals surface area contributed by atoms with Crippen LogP contribution in [0.4, 0.5) is 5.69 Å². The molecule has 1 atom stereocenters. The van der Waals surface area contributed by atoms with Gasteiger partial charge in [0, 0.05) is 17.3 Å². The molecule has 0 fully saturated rings. The third kappa shape index (κ3) is 2.92. The van der Waals surface area contributed by atoms with Crippen LogP contribution in [-0.4, -0.2) is 40.4 Å². The van der Waals surface area contributed by atoms with Crippen LogP contribution < -0.4 is 23.8 Å². The summed E-state index contributed by atoms with van der Waals surface area (Å²) in [6, 6.07) is 9.17. The molecule has 2 aromatic carbocycles. The van der Waals surface area contributed by atoms with Crippen molar-refractivity contribution < 1.29 is 23.7 Å². The molecule has 0 saturated heterocycles. The standard InChI is InChI=1S/C20H23NO5/c1-12-8-13-9-15(23-2)6-7-16(13)21(12)20(22)14-10-17(24-3)19(26-5)18(11-14)25-4/h6-7,9-12H,8H2,1-5H3. The van der Waals surface area contributed by atoms with E-state index in [0.29, 0.717) is 22.8 Å². The molecule has 6 heteroatoms. The Labute approximate surface area is 153 Å². The molecule has 0 N–H and O–H groups in total. The zero-order chi connectivity index (χ0) is 18.8. The number of anilines is 1. The van der Waals surface area contributed by atoms with Crippen molar-refractivity contribution in [1.82, 2.24) is 0 Å². The quantitative estimate of drug-likeness (QED) is 0.822. The number of nitrogens with zero attached hydrogens (tertiary/aromatic N) is 1. The second-order valence-electron chi connectivity index (χ2n) is 6.14. The first-order valence-corrected chi connectivity index (χ1v) is 8.34. The predicted molar refractivity (Wildman–Crippen MR) is 99.1 cm³/mol. The third-order valence-corrected chi connectivity index (χ3v) is 4.63. The Balaban J connectivity index is 2.03. The highest BCUT2D eigenvalue weighted by Crippen LogP contribution is 2.40. The van der Waals surface area contributed by atoms with Crippen molar-refractivity contribution >= 4 is 11.6 Å². The van der Waals surface area contributed by atoms with Crippen LogP contribution in [0.25, 0.3) is 0 Å². The Morgan fingerprint density at radius 3 is 2.15 bits per heavy atom. The molecule has 3 rings (SSSR count). The fourth-order valence-electron chi connectivity index (χ4n) is 3.39. The highest BCUT2D eigenvalue weighted by Gasteiger charge is 2.32. The van der Waals surface area contributed by atoms with E-state index in [4.69, 9.17) is 18.9 Å². The lowest BCUT2D eigenvalue weighted by atomic mass is 10.1. The van der Waals surface area contributed by atoms with E-state index in [0.717, 1.165) is 23.4 Å². The summed E-state index contributed by atoms with van der Waals surface area (Å²) >= 11 is 0. The summed E-state index contributed by atoms with van der Waals surface area (Å²) in [5.41, 5.74) is 2.48. The zero-order valence-electron chi connectivity index (χ0n) is 15.7. The maximum absolute atomic E-state index is 13.3. The Morgan fingerprint density at radius 2 is 1.62 bits per heavy atom. The molecule has 1 heterocycles. The summed E-state index contributed by atoms with van der Waals surface area (Å²) in [6.45, 7) is 2.03. The van der Waals surface area contributed by atoms with E-state index in [2.05, 4.69) is 0 Å². The van der Waals surface area contributed by atoms with Crippen LogP contribution in [-0.2, 0) is 6.42 Å². The van der Waals surface area contributed by atoms with Gasteiger partial charge in [-0.2, -0.15) is 0 Å². The molecular formula is C20H23NO5. The lowest BCUT2D eigenvalue weighted by molar-refractivity contribution is 0.0980. The second-order valence-corrected chi connectivity index (χ2v) is 6.14. The SMILES string of the molecule is COc1ccc2c(c1)CC(C)N2C(=O)c1cc(OC)c(OC)c(OC)c1. The number of hydrogen-bond acceptors (Lipinski definition) is 5. The maximum atomic E-state index is 13.3. The van der Waals surface area contributed by atoms with Gasteiger partial charge < -0.3 is 23.8 Å². The Kier molecular flexibility index (Phi) is 4.93. The number of ether oxygens (including phenoxy) is 4. The van der Waals surface area contributed by atoms with Crippen molar-refractivity contribution in [3.63, 3.8) is 0 Å². The molecule has 0 aliphatic carbocycles. The lowest BCUT2D eigenvalue weighted by Gasteiger charge is -2.24. The lowest BCUT2D eigenvalue weighted by Crippen LogP contribution is -2.35. The molecule has 26 heavy (non-hydrogen) atoms. The van der Waals surface area contributed by atoms with Gasteiger partial charge in [-0.3, -0.25) is 4.79 Å². The number of hydrogen-bond donors (Lipinski definition) is 0. The van der Waals surface area contributed by atoms with Gasteiger partial charge in [0.1, 0.15) is 5.75 Å². The van der Waals surface area contributed by atoms with Gasteiger partial charge in [-0.05, 0) is 49.2 Å². The predicted octanol–water partition coefficient (Wildman–Crippen LogP) is 3.31. The van der Waals surface area contributed by atoms with Crippen LogP contribution in [0.15, 0.2) is 30.3 Å². The number of rotatable bonds is 5. The molecule has 1 unspecified atom stereocenters. The van der Waals surface area contributed by atoms with Crippen molar-refractivity contribution in [1.29, 1.82) is 0 Å². The molecule has 0 bridgehead atoms. The van der Waals surface area contributed by atoms with Gasteiger partial charge in [-0.1, -0.05) is 0 Å². The van der Waals surface area contributed by atoms with Gasteiger partial charge in [0.05, 0.1) is 28.4 Å². The van der Waals surface area contributed by atoms with Crippen LogP contribution in [0.2, 0.25) is 0 Å². The van der Waals surface area contributed by atoms with Gasteiger partial charge in [-0.25, -0.2) is 0 Å². The van der Waals surface area contributed by atoms with E-state index in [1.807, 2.05) is 25.1 Å². The monoisotopic (exact) mass is 357 g/mol. The molecule has 0 saturated carbocycles. The molecule has 1 aliphatic heterocycles. The Bertz CT molecular complexity index is 808. The fourth-order valence-corrected chi connectivity index (χ4v) is 3.39. The minimum atomic E-state index is -0.110. The number of methoxy groups -OCH3 is 4. The molecule has 0 aromatic heterocycles. The normalized spacial score (nSPS) is 15.4. The fraction of sp³-hybridized carbons (Fsp3) is 0.350. The highest BCUT2D eigenvalue weighted by atomic mass is 16.5. The van der Waals surface area contributed by atoms with E-state index in [1.54, 1.807) is 24.1 Å². The van der Waals surface area contributed by atoms with Crippen molar-refractivity contribution in [2.45, 2.75) is 19.4 Å². The van der Waals surface area contributed by atoms with Crippen LogP contribution in [0.3, 0.4) is 0 Å². The van der Waals surface area contributed by atoms with Crippen LogP contribution in [0.1, 0.15) is 22.8 Å². The number of fused-ring (bicyclic) bond motifs is 1. The van der Waals surface area contributed by atoms with E-state index in [-0.39, 0.29) is 11.9 Å². The highest BCUT2D eigenvalue weighted by molar-refractivity contribution is 6.08. The number of carbonyl (C=O) groups excluding carboxylic acids is 1. The second kappa shape index (κ2) is 7.15. The first-order chi connectivity index (χ1) is 12.5. The molecule has 1 amide bonds. The summed E-state index contributed by atoms with van der Waals surface area (Å²) in [6.07, 6.45) is 0.780. The summed E-state index contributed by atoms with van der Waals surface area (Å²) < 4.78 is 21.4. The maximum Gasteiger partial charge on any atom is 0.258 e. The largest absolute Gasteiger partial charge is 0.497 e. The van der Waals surface area contributed by atoms with E-state index >= 15 is 0 Å². The van der Waals surface area contributed by atoms with Gasteiger partial charge >= 0.3 is 0 Å². The summed E-state index contributed by atoms with van der Waals surface area (Å²) in [4.78, 5) is 15.1. The summed E-state index contributed by atoms with van der Waals surface area (Å²) in [5.74, 6) is 2.05. The smallest absolute Gasteiger partial charge is 0.258 e. The summed E-state index contributed by atoms with van der Waals surface area (Å²) in [7, 11) is 6.24. The Morgan fingerprint density at radius 1 is 0.962 bits per heavy atom. The van der Waals surface area contributed by atoms with Crippen molar-refractivity contribution in [2.75, 3.05) is 33.3 Å². The molecule has 0 spiro atoms. The van der Waals surface area contributed by atoms with Crippen molar-refractivity contribution in [3.8, 4) is 23.0 Å². The number of carbonyl (C=O) groups is 1. The molecule has 1 aliphatic rings. The van der Waals surface area contributed by atoms with Gasteiger partial charge in [0.2, 0.25) is 5.75 Å². The van der Waals surface area contributed by atoms with E-state index in [1.165, 1.54) is 21.3 Å². The number of benzene rings is 2. The molecular weight excluding hydrogens is 334 g/mol. The zero-order valence-corrected chi connectivity index (χ0v) is 15.7. The van der Waals surface area contributed by atoms with Gasteiger partial charge in [-0.15, -0.1) is 0 Å². The molecule has 2 aromatic rings. The molecule has 6 nitrogen and oxygen atoms in total. The van der Waals surface area contributed by atoms with Crippen molar-refractivity contribution in [3.05, 3.63) is 41.5 Å². The van der Waals surface area contributed by atoms with E-state index < -0.39 is 0 Å². The molecule has 0 radical (unpaired) electrons. The van der Waals surface area contributed by atoms with Crippen LogP contribution >= 0.6 is 0 Å². The third-order valence-electron chi connectivity index (χ3n) is 4.63. The first kappa shape index (κ1) is 17.9. The van der Waals surface area contributed by atoms with Gasteiger partial charge in [0.15, 0.2) is 11.5 Å². The topological polar surface area (TPSA) is 57.2 Å². The average molecular weight is 357 g/mol. The number of amides is 1. The van der Waals surface area contributed by atoms with Crippen LogP contribution in [0, 0.1) is 0 Å². The average Bonchev–Trinajstić information content (AvgIpc) is 3.00. The minimum Gasteiger partial charge on any atom is -0.497 e. The first-order valence-electron chi connectivity index (χ1n) is 8.34. The van der Waals surface area contributed by atoms with Crippen molar-refractivity contribution in [2.24, 2.45) is 0 Å². The minimum absolute atomic E-state index is 0.0451. The van der Waals surface area contributed by atoms with Gasteiger partial charge in [0.25, 0.3) is 5.91 Å². The molecule has 138 valence electrons. The Hall–Kier alpha value is -2.89. The van der Waals surface area contributed by atoms with E-state index in [9.17, 15) is 4.79 Å². The summed E-state index contributed by atoms with van der Waals surface area (Å²) in [5, 5.41) is 0.